The molecule has 1 amide bonds. The first-order chi connectivity index (χ1) is 11.8. The number of rotatable bonds is 9. The van der Waals surface area contributed by atoms with Gasteiger partial charge in [-0.05, 0) is 36.8 Å². The average Bonchev–Trinajstić information content (AvgIpc) is 3.26. The predicted octanol–water partition coefficient (Wildman–Crippen LogP) is 2.73. The summed E-state index contributed by atoms with van der Waals surface area (Å²) >= 11 is 0. The Bertz CT molecular complexity index is 647. The summed E-state index contributed by atoms with van der Waals surface area (Å²) < 4.78 is 13.2. The van der Waals surface area contributed by atoms with Crippen LogP contribution in [0.25, 0.3) is 10.9 Å². The molecule has 0 aliphatic carbocycles. The smallest absolute Gasteiger partial charge is 0.221 e. The van der Waals surface area contributed by atoms with E-state index in [2.05, 4.69) is 28.1 Å². The minimum absolute atomic E-state index is 0.0897. The lowest BCUT2D eigenvalue weighted by molar-refractivity contribution is -0.121. The van der Waals surface area contributed by atoms with Crippen molar-refractivity contribution < 1.29 is 14.3 Å². The second-order valence-corrected chi connectivity index (χ2v) is 6.23. The van der Waals surface area contributed by atoms with Crippen LogP contribution in [0.2, 0.25) is 0 Å². The summed E-state index contributed by atoms with van der Waals surface area (Å²) in [6.07, 6.45) is 5.89. The number of para-hydroxylation sites is 1. The first-order valence-electron chi connectivity index (χ1n) is 8.83. The highest BCUT2D eigenvalue weighted by atomic mass is 16.5. The number of fused-ring (bicyclic) bond motifs is 1. The summed E-state index contributed by atoms with van der Waals surface area (Å²) in [4.78, 5) is 11.9. The van der Waals surface area contributed by atoms with E-state index in [1.165, 1.54) is 10.9 Å². The van der Waals surface area contributed by atoms with E-state index < -0.39 is 0 Å². The molecule has 1 atom stereocenters. The molecule has 2 aromatic rings. The van der Waals surface area contributed by atoms with Crippen LogP contribution in [0.1, 0.15) is 25.7 Å². The molecule has 1 aromatic heterocycles. The Balaban J connectivity index is 1.27. The van der Waals surface area contributed by atoms with E-state index in [0.29, 0.717) is 32.7 Å². The van der Waals surface area contributed by atoms with E-state index >= 15 is 0 Å². The fraction of sp³-hybridized carbons (Fsp3) is 0.526. The van der Waals surface area contributed by atoms with Crippen molar-refractivity contribution >= 4 is 16.8 Å². The molecule has 0 radical (unpaired) electrons. The van der Waals surface area contributed by atoms with Crippen LogP contribution in [0, 0.1) is 0 Å². The molecule has 130 valence electrons. The van der Waals surface area contributed by atoms with Crippen LogP contribution in [-0.2, 0) is 20.8 Å². The minimum Gasteiger partial charge on any atom is -0.379 e. The van der Waals surface area contributed by atoms with Gasteiger partial charge in [-0.3, -0.25) is 4.79 Å². The molecule has 5 heteroatoms. The molecule has 1 aliphatic heterocycles. The molecule has 5 nitrogen and oxygen atoms in total. The maximum atomic E-state index is 11.9. The molecule has 0 spiro atoms. The van der Waals surface area contributed by atoms with Crippen molar-refractivity contribution in [3.8, 4) is 0 Å². The van der Waals surface area contributed by atoms with Crippen LogP contribution in [0.3, 0.4) is 0 Å². The van der Waals surface area contributed by atoms with E-state index in [1.54, 1.807) is 0 Å². The van der Waals surface area contributed by atoms with Crippen LogP contribution in [-0.4, -0.2) is 42.9 Å². The summed E-state index contributed by atoms with van der Waals surface area (Å²) in [5.41, 5.74) is 1.17. The molecule has 3 rings (SSSR count). The number of hydrogen-bond donors (Lipinski definition) is 1. The Morgan fingerprint density at radius 3 is 3.12 bits per heavy atom. The first kappa shape index (κ1) is 17.0. The van der Waals surface area contributed by atoms with Crippen molar-refractivity contribution in [1.82, 2.24) is 9.88 Å². The monoisotopic (exact) mass is 330 g/mol. The van der Waals surface area contributed by atoms with Gasteiger partial charge in [-0.15, -0.1) is 0 Å². The largest absolute Gasteiger partial charge is 0.379 e. The maximum absolute atomic E-state index is 11.9. The highest BCUT2D eigenvalue weighted by molar-refractivity contribution is 5.80. The van der Waals surface area contributed by atoms with Crippen molar-refractivity contribution in [2.24, 2.45) is 0 Å². The van der Waals surface area contributed by atoms with Crippen molar-refractivity contribution in [3.63, 3.8) is 0 Å². The third-order valence-electron chi connectivity index (χ3n) is 4.38. The van der Waals surface area contributed by atoms with Crippen LogP contribution in [0.5, 0.6) is 0 Å². The van der Waals surface area contributed by atoms with Gasteiger partial charge in [-0.2, -0.15) is 0 Å². The Morgan fingerprint density at radius 2 is 2.25 bits per heavy atom. The number of amides is 1. The lowest BCUT2D eigenvalue weighted by atomic mass is 10.2. The predicted molar refractivity (Wildman–Crippen MR) is 94.0 cm³/mol. The summed E-state index contributed by atoms with van der Waals surface area (Å²) in [6.45, 7) is 3.57. The third kappa shape index (κ3) is 4.82. The number of aromatic nitrogens is 1. The van der Waals surface area contributed by atoms with Crippen molar-refractivity contribution in [1.29, 1.82) is 0 Å². The number of benzene rings is 1. The van der Waals surface area contributed by atoms with Gasteiger partial charge in [0.05, 0.1) is 12.7 Å². The maximum Gasteiger partial charge on any atom is 0.221 e. The molecule has 1 aliphatic rings. The number of carbonyl (C=O) groups is 1. The van der Waals surface area contributed by atoms with E-state index in [-0.39, 0.29) is 12.0 Å². The highest BCUT2D eigenvalue weighted by Crippen LogP contribution is 2.15. The molecule has 1 aromatic carbocycles. The van der Waals surface area contributed by atoms with Gasteiger partial charge < -0.3 is 19.4 Å². The quantitative estimate of drug-likeness (QED) is 0.719. The first-order valence-corrected chi connectivity index (χ1v) is 8.83. The fourth-order valence-electron chi connectivity index (χ4n) is 3.04. The van der Waals surface area contributed by atoms with Gasteiger partial charge in [0.15, 0.2) is 0 Å². The molecule has 1 fully saturated rings. The Labute approximate surface area is 142 Å². The van der Waals surface area contributed by atoms with Gasteiger partial charge in [-0.25, -0.2) is 0 Å². The third-order valence-corrected chi connectivity index (χ3v) is 4.38. The number of hydrogen-bond acceptors (Lipinski definition) is 3. The van der Waals surface area contributed by atoms with Crippen molar-refractivity contribution in [2.45, 2.75) is 38.3 Å². The fourth-order valence-corrected chi connectivity index (χ4v) is 3.04. The van der Waals surface area contributed by atoms with Crippen LogP contribution < -0.4 is 5.32 Å². The van der Waals surface area contributed by atoms with Crippen LogP contribution in [0.15, 0.2) is 36.5 Å². The van der Waals surface area contributed by atoms with Gasteiger partial charge in [0.1, 0.15) is 0 Å². The zero-order chi connectivity index (χ0) is 16.6. The van der Waals surface area contributed by atoms with Crippen molar-refractivity contribution in [3.05, 3.63) is 36.5 Å². The Kier molecular flexibility index (Phi) is 6.26. The summed E-state index contributed by atoms with van der Waals surface area (Å²) in [6, 6.07) is 10.3. The lowest BCUT2D eigenvalue weighted by Crippen LogP contribution is -2.26. The zero-order valence-electron chi connectivity index (χ0n) is 14.1. The van der Waals surface area contributed by atoms with E-state index in [9.17, 15) is 4.79 Å². The zero-order valence-corrected chi connectivity index (χ0v) is 14.1. The number of ether oxygens (including phenoxy) is 2. The molecule has 1 N–H and O–H groups in total. The molecule has 0 saturated carbocycles. The van der Waals surface area contributed by atoms with Crippen LogP contribution in [0.4, 0.5) is 0 Å². The van der Waals surface area contributed by atoms with Gasteiger partial charge in [-0.1, -0.05) is 18.2 Å². The lowest BCUT2D eigenvalue weighted by Gasteiger charge is -2.10. The van der Waals surface area contributed by atoms with Gasteiger partial charge in [0.2, 0.25) is 5.91 Å². The summed E-state index contributed by atoms with van der Waals surface area (Å²) in [5.74, 6) is 0.0897. The molecule has 24 heavy (non-hydrogen) atoms. The molecule has 1 unspecified atom stereocenters. The number of nitrogens with one attached hydrogen (secondary N) is 1. The minimum atomic E-state index is 0.0897. The molecular formula is C19H26N2O3. The topological polar surface area (TPSA) is 52.5 Å². The Morgan fingerprint density at radius 1 is 1.33 bits per heavy atom. The molecule has 1 saturated heterocycles. The summed E-state index contributed by atoms with van der Waals surface area (Å²) in [5, 5.41) is 4.17. The number of aryl methyl sites for hydroxylation is 1. The van der Waals surface area contributed by atoms with Gasteiger partial charge in [0.25, 0.3) is 0 Å². The second-order valence-electron chi connectivity index (χ2n) is 6.23. The molecule has 0 bridgehead atoms. The normalized spacial score (nSPS) is 17.4. The highest BCUT2D eigenvalue weighted by Gasteiger charge is 2.14. The van der Waals surface area contributed by atoms with Gasteiger partial charge in [0, 0.05) is 44.4 Å². The standard InChI is InChI=1S/C19H26N2O3/c22-19(20-10-4-13-23-15-17-6-3-14-24-17)9-12-21-11-8-16-5-1-2-7-18(16)21/h1-2,5,7-8,11,17H,3-4,6,9-10,12-15H2,(H,20,22). The summed E-state index contributed by atoms with van der Waals surface area (Å²) in [7, 11) is 0. The second kappa shape index (κ2) is 8.85. The SMILES string of the molecule is O=C(CCn1ccc2ccccc21)NCCCOCC1CCCO1. The van der Waals surface area contributed by atoms with E-state index in [0.717, 1.165) is 25.9 Å². The van der Waals surface area contributed by atoms with E-state index in [1.807, 2.05) is 18.3 Å². The van der Waals surface area contributed by atoms with Crippen molar-refractivity contribution in [2.75, 3.05) is 26.4 Å². The van der Waals surface area contributed by atoms with Crippen LogP contribution >= 0.6 is 0 Å². The molecular weight excluding hydrogens is 304 g/mol. The number of nitrogens with zero attached hydrogens (tertiary/aromatic N) is 1. The van der Waals surface area contributed by atoms with Gasteiger partial charge >= 0.3 is 0 Å². The Hall–Kier alpha value is -1.85. The number of carbonyl (C=O) groups excluding carboxylic acids is 1. The van der Waals surface area contributed by atoms with E-state index in [4.69, 9.17) is 9.47 Å². The molecule has 2 heterocycles. The average molecular weight is 330 g/mol.